The number of fused-ring (bicyclic) bond motifs is 1. The molecule has 2 saturated heterocycles. The van der Waals surface area contributed by atoms with Gasteiger partial charge in [-0.15, -0.1) is 6.58 Å². The standard InChI is InChI=1S/C7H6O4/c1-2-3-7-4(11-7)5(8)10-6(7)9/h2,4H,1,3H2. The zero-order chi connectivity index (χ0) is 8.06. The predicted octanol–water partition coefficient (Wildman–Crippen LogP) is -0.217. The molecule has 0 N–H and O–H groups in total. The van der Waals surface area contributed by atoms with Crippen LogP contribution in [0.3, 0.4) is 0 Å². The molecule has 0 radical (unpaired) electrons. The van der Waals surface area contributed by atoms with E-state index in [4.69, 9.17) is 4.74 Å². The van der Waals surface area contributed by atoms with Crippen LogP contribution in [0.5, 0.6) is 0 Å². The average Bonchev–Trinajstić information content (AvgIpc) is 2.59. The minimum Gasteiger partial charge on any atom is -0.389 e. The van der Waals surface area contributed by atoms with Gasteiger partial charge in [0.1, 0.15) is 0 Å². The first-order chi connectivity index (χ1) is 5.20. The van der Waals surface area contributed by atoms with Gasteiger partial charge in [-0.2, -0.15) is 0 Å². The monoisotopic (exact) mass is 154 g/mol. The molecule has 11 heavy (non-hydrogen) atoms. The molecule has 0 amide bonds. The average molecular weight is 154 g/mol. The molecular formula is C7H6O4. The lowest BCUT2D eigenvalue weighted by Crippen LogP contribution is -2.21. The lowest BCUT2D eigenvalue weighted by Gasteiger charge is -1.99. The summed E-state index contributed by atoms with van der Waals surface area (Å²) in [4.78, 5) is 21.6. The molecule has 2 aliphatic rings. The molecule has 2 heterocycles. The van der Waals surface area contributed by atoms with Crippen molar-refractivity contribution in [3.05, 3.63) is 12.7 Å². The van der Waals surface area contributed by atoms with Crippen LogP contribution >= 0.6 is 0 Å². The van der Waals surface area contributed by atoms with E-state index in [2.05, 4.69) is 11.3 Å². The second-order valence-electron chi connectivity index (χ2n) is 2.59. The van der Waals surface area contributed by atoms with E-state index in [1.807, 2.05) is 0 Å². The molecule has 0 saturated carbocycles. The van der Waals surface area contributed by atoms with Gasteiger partial charge in [0.05, 0.1) is 0 Å². The number of cyclic esters (lactones) is 2. The lowest BCUT2D eigenvalue weighted by molar-refractivity contribution is -0.161. The minimum absolute atomic E-state index is 0.349. The molecule has 0 aromatic rings. The molecule has 0 bridgehead atoms. The third kappa shape index (κ3) is 0.619. The molecule has 0 aromatic carbocycles. The number of hydrogen-bond donors (Lipinski definition) is 0. The molecule has 0 aliphatic carbocycles. The van der Waals surface area contributed by atoms with Crippen LogP contribution in [0.15, 0.2) is 12.7 Å². The van der Waals surface area contributed by atoms with Crippen molar-refractivity contribution >= 4 is 11.9 Å². The Morgan fingerprint density at radius 2 is 2.36 bits per heavy atom. The lowest BCUT2D eigenvalue weighted by atomic mass is 10.0. The Balaban J connectivity index is 2.25. The fourth-order valence-corrected chi connectivity index (χ4v) is 1.25. The van der Waals surface area contributed by atoms with Crippen LogP contribution < -0.4 is 0 Å². The topological polar surface area (TPSA) is 55.9 Å². The number of rotatable bonds is 2. The number of carbonyl (C=O) groups is 2. The highest BCUT2D eigenvalue weighted by molar-refractivity contribution is 6.06. The van der Waals surface area contributed by atoms with Gasteiger partial charge in [-0.1, -0.05) is 6.08 Å². The maximum atomic E-state index is 10.9. The van der Waals surface area contributed by atoms with Gasteiger partial charge < -0.3 is 9.47 Å². The smallest absolute Gasteiger partial charge is 0.349 e. The van der Waals surface area contributed by atoms with Crippen molar-refractivity contribution in [2.24, 2.45) is 0 Å². The summed E-state index contributed by atoms with van der Waals surface area (Å²) in [6.45, 7) is 3.46. The highest BCUT2D eigenvalue weighted by Crippen LogP contribution is 2.46. The Bertz CT molecular complexity index is 257. The fraction of sp³-hybridized carbons (Fsp3) is 0.429. The van der Waals surface area contributed by atoms with Crippen LogP contribution in [-0.4, -0.2) is 23.6 Å². The Kier molecular flexibility index (Phi) is 1.02. The zero-order valence-corrected chi connectivity index (χ0v) is 5.70. The van der Waals surface area contributed by atoms with Crippen LogP contribution in [0.2, 0.25) is 0 Å². The Morgan fingerprint density at radius 1 is 1.64 bits per heavy atom. The molecule has 4 nitrogen and oxygen atoms in total. The van der Waals surface area contributed by atoms with Gasteiger partial charge in [-0.25, -0.2) is 9.59 Å². The van der Waals surface area contributed by atoms with E-state index in [0.717, 1.165) is 0 Å². The van der Waals surface area contributed by atoms with Crippen molar-refractivity contribution in [2.75, 3.05) is 0 Å². The van der Waals surface area contributed by atoms with Crippen molar-refractivity contribution in [2.45, 2.75) is 18.1 Å². The zero-order valence-electron chi connectivity index (χ0n) is 5.70. The number of hydrogen-bond acceptors (Lipinski definition) is 4. The van der Waals surface area contributed by atoms with E-state index >= 15 is 0 Å². The summed E-state index contributed by atoms with van der Waals surface area (Å²) < 4.78 is 9.24. The molecular weight excluding hydrogens is 148 g/mol. The molecule has 0 aromatic heterocycles. The van der Waals surface area contributed by atoms with Crippen molar-refractivity contribution in [3.8, 4) is 0 Å². The highest BCUT2D eigenvalue weighted by atomic mass is 16.7. The molecule has 2 atom stereocenters. The van der Waals surface area contributed by atoms with E-state index < -0.39 is 23.6 Å². The molecule has 58 valence electrons. The Morgan fingerprint density at radius 3 is 2.73 bits per heavy atom. The fourth-order valence-electron chi connectivity index (χ4n) is 1.25. The van der Waals surface area contributed by atoms with Gasteiger partial charge in [-0.05, 0) is 0 Å². The largest absolute Gasteiger partial charge is 0.389 e. The van der Waals surface area contributed by atoms with E-state index in [9.17, 15) is 9.59 Å². The molecule has 2 fully saturated rings. The number of esters is 2. The Labute approximate surface area is 62.8 Å². The summed E-state index contributed by atoms with van der Waals surface area (Å²) in [5.41, 5.74) is -0.987. The second-order valence-corrected chi connectivity index (χ2v) is 2.59. The SMILES string of the molecule is C=CCC12OC1C(=O)OC2=O. The first kappa shape index (κ1) is 6.54. The van der Waals surface area contributed by atoms with Gasteiger partial charge in [-0.3, -0.25) is 0 Å². The first-order valence-corrected chi connectivity index (χ1v) is 3.25. The van der Waals surface area contributed by atoms with Crippen LogP contribution in [0.25, 0.3) is 0 Å². The molecule has 4 heteroatoms. The van der Waals surface area contributed by atoms with Crippen molar-refractivity contribution in [1.82, 2.24) is 0 Å². The van der Waals surface area contributed by atoms with Crippen molar-refractivity contribution in [3.63, 3.8) is 0 Å². The quantitative estimate of drug-likeness (QED) is 0.239. The van der Waals surface area contributed by atoms with Gasteiger partial charge in [0, 0.05) is 6.42 Å². The van der Waals surface area contributed by atoms with E-state index in [0.29, 0.717) is 6.42 Å². The summed E-state index contributed by atoms with van der Waals surface area (Å²) in [5.74, 6) is -1.15. The van der Waals surface area contributed by atoms with Crippen LogP contribution in [0, 0.1) is 0 Å². The van der Waals surface area contributed by atoms with E-state index in [1.54, 1.807) is 6.08 Å². The van der Waals surface area contributed by atoms with Gasteiger partial charge in [0.15, 0.2) is 6.10 Å². The summed E-state index contributed by atoms with van der Waals surface area (Å²) in [7, 11) is 0. The summed E-state index contributed by atoms with van der Waals surface area (Å²) in [6.07, 6.45) is 1.23. The second kappa shape index (κ2) is 1.71. The van der Waals surface area contributed by atoms with Crippen molar-refractivity contribution in [1.29, 1.82) is 0 Å². The normalized spacial score (nSPS) is 39.8. The van der Waals surface area contributed by atoms with Crippen LogP contribution in [-0.2, 0) is 19.1 Å². The summed E-state index contributed by atoms with van der Waals surface area (Å²) in [5, 5.41) is 0. The van der Waals surface area contributed by atoms with Gasteiger partial charge >= 0.3 is 11.9 Å². The van der Waals surface area contributed by atoms with Crippen molar-refractivity contribution < 1.29 is 19.1 Å². The summed E-state index contributed by atoms with van der Waals surface area (Å²) in [6, 6.07) is 0. The number of ether oxygens (including phenoxy) is 2. The Hall–Kier alpha value is -1.16. The number of epoxide rings is 1. The van der Waals surface area contributed by atoms with Gasteiger partial charge in [0.25, 0.3) is 0 Å². The highest BCUT2D eigenvalue weighted by Gasteiger charge is 2.73. The summed E-state index contributed by atoms with van der Waals surface area (Å²) >= 11 is 0. The maximum absolute atomic E-state index is 10.9. The molecule has 2 aliphatic heterocycles. The van der Waals surface area contributed by atoms with E-state index in [-0.39, 0.29) is 0 Å². The van der Waals surface area contributed by atoms with E-state index in [1.165, 1.54) is 0 Å². The van der Waals surface area contributed by atoms with Crippen LogP contribution in [0.1, 0.15) is 6.42 Å². The minimum atomic E-state index is -0.987. The molecule has 0 spiro atoms. The molecule has 2 rings (SSSR count). The molecule has 2 unspecified atom stereocenters. The third-order valence-corrected chi connectivity index (χ3v) is 1.89. The first-order valence-electron chi connectivity index (χ1n) is 3.25. The van der Waals surface area contributed by atoms with Gasteiger partial charge in [0.2, 0.25) is 5.60 Å². The predicted molar refractivity (Wildman–Crippen MR) is 33.5 cm³/mol. The van der Waals surface area contributed by atoms with Crippen LogP contribution in [0.4, 0.5) is 0 Å². The maximum Gasteiger partial charge on any atom is 0.349 e. The number of carbonyl (C=O) groups excluding carboxylic acids is 2. The third-order valence-electron chi connectivity index (χ3n) is 1.89.